The van der Waals surface area contributed by atoms with E-state index in [0.29, 0.717) is 22.1 Å². The number of aromatic nitrogens is 4. The van der Waals surface area contributed by atoms with Crippen LogP contribution < -0.4 is 11.1 Å². The quantitative estimate of drug-likeness (QED) is 0.222. The fourth-order valence-corrected chi connectivity index (χ4v) is 7.08. The van der Waals surface area contributed by atoms with Crippen molar-refractivity contribution in [3.05, 3.63) is 130 Å². The Balaban J connectivity index is 1.35. The van der Waals surface area contributed by atoms with Crippen LogP contribution in [-0.4, -0.2) is 18.8 Å². The van der Waals surface area contributed by atoms with Gasteiger partial charge in [0, 0.05) is 32.3 Å². The summed E-state index contributed by atoms with van der Waals surface area (Å²) < 4.78 is 3.46. The summed E-state index contributed by atoms with van der Waals surface area (Å²) in [4.78, 5) is 37.5. The topological polar surface area (TPSA) is 68.7 Å². The first kappa shape index (κ1) is 21.9. The maximum atomic E-state index is 13.9. The van der Waals surface area contributed by atoms with Crippen LogP contribution in [0.15, 0.2) is 119 Å². The molecule has 0 aliphatic carbocycles. The minimum Gasteiger partial charge on any atom is -0.268 e. The molecule has 194 valence electrons. The van der Waals surface area contributed by atoms with E-state index in [9.17, 15) is 9.59 Å². The Hall–Kier alpha value is -5.88. The molecule has 0 saturated carbocycles. The van der Waals surface area contributed by atoms with Crippen molar-refractivity contribution in [2.24, 2.45) is 0 Å². The van der Waals surface area contributed by atoms with Gasteiger partial charge in [0.1, 0.15) is 11.3 Å². The van der Waals surface area contributed by atoms with Crippen LogP contribution in [0, 0.1) is 0 Å². The molecule has 10 rings (SSSR count). The predicted molar refractivity (Wildman–Crippen MR) is 169 cm³/mol. The molecule has 4 aromatic heterocycles. The molecular formula is C36H18N4O2. The molecule has 0 spiro atoms. The molecule has 4 heterocycles. The van der Waals surface area contributed by atoms with Gasteiger partial charge in [-0.05, 0) is 58.3 Å². The van der Waals surface area contributed by atoms with Crippen molar-refractivity contribution in [1.82, 2.24) is 18.8 Å². The molecule has 6 aromatic carbocycles. The van der Waals surface area contributed by atoms with Crippen molar-refractivity contribution in [3.8, 4) is 11.1 Å². The zero-order valence-corrected chi connectivity index (χ0v) is 22.0. The van der Waals surface area contributed by atoms with E-state index in [1.54, 1.807) is 8.80 Å². The molecule has 0 atom stereocenters. The summed E-state index contributed by atoms with van der Waals surface area (Å²) in [5.41, 5.74) is 6.40. The van der Waals surface area contributed by atoms with Crippen LogP contribution in [0.25, 0.3) is 87.6 Å². The van der Waals surface area contributed by atoms with Gasteiger partial charge in [-0.15, -0.1) is 0 Å². The zero-order valence-electron chi connectivity index (χ0n) is 22.0. The lowest BCUT2D eigenvalue weighted by molar-refractivity contribution is 1.19. The molecule has 6 heteroatoms. The summed E-state index contributed by atoms with van der Waals surface area (Å²) in [5, 5.41) is 6.96. The number of rotatable bonds is 1. The second-order valence-corrected chi connectivity index (χ2v) is 10.9. The summed E-state index contributed by atoms with van der Waals surface area (Å²) >= 11 is 0. The lowest BCUT2D eigenvalue weighted by atomic mass is 9.90. The molecule has 10 aromatic rings. The van der Waals surface area contributed by atoms with Crippen molar-refractivity contribution in [3.63, 3.8) is 0 Å². The summed E-state index contributed by atoms with van der Waals surface area (Å²) in [6, 6.07) is 35.7. The lowest BCUT2D eigenvalue weighted by Crippen LogP contribution is -2.13. The SMILES string of the molecule is O=c1c2ccc(-c3ccc4c(=O)n5c6ccccc6nc5c5cccc3c45)c3cccc(c32)c2nc3ccccc3n12. The smallest absolute Gasteiger partial charge is 0.264 e. The Morgan fingerprint density at radius 1 is 0.405 bits per heavy atom. The minimum atomic E-state index is -0.0738. The predicted octanol–water partition coefficient (Wildman–Crippen LogP) is 7.16. The van der Waals surface area contributed by atoms with Crippen molar-refractivity contribution in [2.75, 3.05) is 0 Å². The van der Waals surface area contributed by atoms with Crippen LogP contribution >= 0.6 is 0 Å². The van der Waals surface area contributed by atoms with Gasteiger partial charge in [0.25, 0.3) is 11.1 Å². The fraction of sp³-hybridized carbons (Fsp3) is 0. The number of benzene rings is 6. The average Bonchev–Trinajstić information content (AvgIpc) is 3.62. The maximum absolute atomic E-state index is 13.9. The highest BCUT2D eigenvalue weighted by atomic mass is 16.1. The molecule has 0 unspecified atom stereocenters. The zero-order chi connectivity index (χ0) is 27.7. The first-order valence-corrected chi connectivity index (χ1v) is 13.9. The second-order valence-electron chi connectivity index (χ2n) is 10.9. The van der Waals surface area contributed by atoms with Gasteiger partial charge >= 0.3 is 0 Å². The fourth-order valence-electron chi connectivity index (χ4n) is 7.08. The summed E-state index contributed by atoms with van der Waals surface area (Å²) in [7, 11) is 0. The Bertz CT molecular complexity index is 2700. The normalized spacial score (nSPS) is 12.5. The summed E-state index contributed by atoms with van der Waals surface area (Å²) in [5.74, 6) is 0. The van der Waals surface area contributed by atoms with Gasteiger partial charge in [-0.1, -0.05) is 72.8 Å². The number of nitrogens with zero attached hydrogens (tertiary/aromatic N) is 4. The Morgan fingerprint density at radius 3 is 1.31 bits per heavy atom. The first-order valence-electron chi connectivity index (χ1n) is 13.9. The van der Waals surface area contributed by atoms with Crippen molar-refractivity contribution >= 4 is 76.5 Å². The molecule has 0 aliphatic rings. The number of fused-ring (bicyclic) bond motifs is 8. The minimum absolute atomic E-state index is 0.0738. The van der Waals surface area contributed by atoms with Crippen LogP contribution in [-0.2, 0) is 0 Å². The molecule has 6 nitrogen and oxygen atoms in total. The van der Waals surface area contributed by atoms with E-state index in [1.807, 2.05) is 97.1 Å². The van der Waals surface area contributed by atoms with E-state index < -0.39 is 0 Å². The van der Waals surface area contributed by atoms with Gasteiger partial charge in [0.2, 0.25) is 0 Å². The van der Waals surface area contributed by atoms with Crippen LogP contribution in [0.1, 0.15) is 0 Å². The van der Waals surface area contributed by atoms with E-state index in [-0.39, 0.29) is 11.1 Å². The molecule has 0 radical (unpaired) electrons. The third-order valence-electron chi connectivity index (χ3n) is 8.84. The van der Waals surface area contributed by atoms with E-state index in [2.05, 4.69) is 12.1 Å². The maximum Gasteiger partial charge on any atom is 0.264 e. The van der Waals surface area contributed by atoms with Crippen molar-refractivity contribution < 1.29 is 0 Å². The number of imidazole rings is 2. The molecule has 42 heavy (non-hydrogen) atoms. The van der Waals surface area contributed by atoms with Gasteiger partial charge in [0.05, 0.1) is 22.1 Å². The van der Waals surface area contributed by atoms with E-state index >= 15 is 0 Å². The Kier molecular flexibility index (Phi) is 3.88. The van der Waals surface area contributed by atoms with Gasteiger partial charge in [0.15, 0.2) is 0 Å². The van der Waals surface area contributed by atoms with Gasteiger partial charge < -0.3 is 0 Å². The summed E-state index contributed by atoms with van der Waals surface area (Å²) in [6.45, 7) is 0. The van der Waals surface area contributed by atoms with Crippen molar-refractivity contribution in [1.29, 1.82) is 0 Å². The lowest BCUT2D eigenvalue weighted by Gasteiger charge is -2.15. The van der Waals surface area contributed by atoms with Crippen LogP contribution in [0.2, 0.25) is 0 Å². The number of hydrogen-bond acceptors (Lipinski definition) is 4. The van der Waals surface area contributed by atoms with E-state index in [4.69, 9.17) is 9.97 Å². The van der Waals surface area contributed by atoms with Gasteiger partial charge in [-0.2, -0.15) is 0 Å². The van der Waals surface area contributed by atoms with Crippen LogP contribution in [0.5, 0.6) is 0 Å². The molecular weight excluding hydrogens is 520 g/mol. The highest BCUT2D eigenvalue weighted by Gasteiger charge is 2.21. The highest BCUT2D eigenvalue weighted by Crippen LogP contribution is 2.40. The first-order chi connectivity index (χ1) is 20.7. The second kappa shape index (κ2) is 7.44. The Morgan fingerprint density at radius 2 is 0.833 bits per heavy atom. The molecule has 0 bridgehead atoms. The highest BCUT2D eigenvalue weighted by molar-refractivity contribution is 6.23. The van der Waals surface area contributed by atoms with E-state index in [0.717, 1.165) is 65.5 Å². The average molecular weight is 539 g/mol. The monoisotopic (exact) mass is 538 g/mol. The standard InChI is InChI=1S/C36H18N4O2/c41-35-25-17-15-19(21-7-5-9-23(31(21)25)33-37-27-11-1-3-13-29(27)39(33)35)20-16-18-26-32-22(20)8-6-10-24(32)34-38-28-12-2-4-14-30(28)40(34)36(26)42/h1-18H. The molecule has 0 aliphatic heterocycles. The number of pyridine rings is 2. The number of para-hydroxylation sites is 4. The van der Waals surface area contributed by atoms with Gasteiger partial charge in [-0.25, -0.2) is 9.97 Å². The largest absolute Gasteiger partial charge is 0.268 e. The third-order valence-corrected chi connectivity index (χ3v) is 8.84. The molecule has 0 saturated heterocycles. The van der Waals surface area contributed by atoms with Crippen molar-refractivity contribution in [2.45, 2.75) is 0 Å². The number of hydrogen-bond donors (Lipinski definition) is 0. The summed E-state index contributed by atoms with van der Waals surface area (Å²) in [6.07, 6.45) is 0. The molecule has 0 amide bonds. The third kappa shape index (κ3) is 2.51. The molecule has 0 fully saturated rings. The molecule has 0 N–H and O–H groups in total. The van der Waals surface area contributed by atoms with Gasteiger partial charge in [-0.3, -0.25) is 18.4 Å². The van der Waals surface area contributed by atoms with E-state index in [1.165, 1.54) is 0 Å². The van der Waals surface area contributed by atoms with Crippen LogP contribution in [0.4, 0.5) is 0 Å². The Labute approximate surface area is 236 Å². The van der Waals surface area contributed by atoms with Crippen LogP contribution in [0.3, 0.4) is 0 Å².